The Bertz CT molecular complexity index is 353. The first-order valence-electron chi connectivity index (χ1n) is 6.67. The van der Waals surface area contributed by atoms with Gasteiger partial charge in [-0.15, -0.1) is 0 Å². The highest BCUT2D eigenvalue weighted by atomic mass is 16.5. The smallest absolute Gasteiger partial charge is 0.243 e. The highest BCUT2D eigenvalue weighted by molar-refractivity contribution is 5.00. The SMILES string of the molecule is CC1CCC(c2noc(C(N)C(C)C)n2)CC1. The predicted octanol–water partition coefficient (Wildman–Crippen LogP) is 3.02. The fraction of sp³-hybridized carbons (Fsp3) is 0.846. The summed E-state index contributed by atoms with van der Waals surface area (Å²) in [7, 11) is 0. The van der Waals surface area contributed by atoms with E-state index >= 15 is 0 Å². The molecule has 1 aromatic rings. The molecule has 0 aromatic carbocycles. The Labute approximate surface area is 103 Å². The van der Waals surface area contributed by atoms with Gasteiger partial charge in [0.25, 0.3) is 0 Å². The van der Waals surface area contributed by atoms with Crippen LogP contribution in [0.3, 0.4) is 0 Å². The summed E-state index contributed by atoms with van der Waals surface area (Å²) in [6.45, 7) is 6.44. The summed E-state index contributed by atoms with van der Waals surface area (Å²) in [6.07, 6.45) is 4.89. The van der Waals surface area contributed by atoms with E-state index in [-0.39, 0.29) is 6.04 Å². The molecular weight excluding hydrogens is 214 g/mol. The Hall–Kier alpha value is -0.900. The Balaban J connectivity index is 2.03. The third kappa shape index (κ3) is 2.86. The van der Waals surface area contributed by atoms with E-state index in [1.807, 2.05) is 0 Å². The Morgan fingerprint density at radius 3 is 2.47 bits per heavy atom. The fourth-order valence-corrected chi connectivity index (χ4v) is 2.35. The summed E-state index contributed by atoms with van der Waals surface area (Å²) in [6, 6.07) is -0.140. The molecule has 0 amide bonds. The molecule has 0 spiro atoms. The lowest BCUT2D eigenvalue weighted by molar-refractivity contribution is 0.308. The lowest BCUT2D eigenvalue weighted by atomic mass is 9.83. The van der Waals surface area contributed by atoms with Crippen molar-refractivity contribution in [2.45, 2.75) is 58.4 Å². The average Bonchev–Trinajstić information content (AvgIpc) is 2.78. The van der Waals surface area contributed by atoms with E-state index in [9.17, 15) is 0 Å². The Morgan fingerprint density at radius 1 is 1.24 bits per heavy atom. The molecule has 1 saturated carbocycles. The molecule has 4 heteroatoms. The van der Waals surface area contributed by atoms with Gasteiger partial charge in [-0.3, -0.25) is 0 Å². The molecule has 4 nitrogen and oxygen atoms in total. The lowest BCUT2D eigenvalue weighted by Gasteiger charge is -2.23. The van der Waals surface area contributed by atoms with Crippen LogP contribution in [0.15, 0.2) is 4.52 Å². The third-order valence-electron chi connectivity index (χ3n) is 3.84. The maximum absolute atomic E-state index is 6.01. The van der Waals surface area contributed by atoms with Crippen molar-refractivity contribution in [2.75, 3.05) is 0 Å². The molecule has 1 aromatic heterocycles. The molecular formula is C13H23N3O. The van der Waals surface area contributed by atoms with E-state index in [2.05, 4.69) is 30.9 Å². The maximum Gasteiger partial charge on any atom is 0.243 e. The molecule has 0 saturated heterocycles. The Kier molecular flexibility index (Phi) is 3.82. The standard InChI is InChI=1S/C13H23N3O/c1-8(2)11(14)13-15-12(16-17-13)10-6-4-9(3)5-7-10/h8-11H,4-7,14H2,1-3H3. The summed E-state index contributed by atoms with van der Waals surface area (Å²) in [5, 5.41) is 4.10. The molecule has 2 N–H and O–H groups in total. The largest absolute Gasteiger partial charge is 0.338 e. The summed E-state index contributed by atoms with van der Waals surface area (Å²) in [4.78, 5) is 4.48. The number of hydrogen-bond acceptors (Lipinski definition) is 4. The monoisotopic (exact) mass is 237 g/mol. The molecule has 0 radical (unpaired) electrons. The number of rotatable bonds is 3. The molecule has 17 heavy (non-hydrogen) atoms. The van der Waals surface area contributed by atoms with Gasteiger partial charge >= 0.3 is 0 Å². The van der Waals surface area contributed by atoms with Crippen molar-refractivity contribution >= 4 is 0 Å². The minimum absolute atomic E-state index is 0.140. The lowest BCUT2D eigenvalue weighted by Crippen LogP contribution is -2.17. The zero-order chi connectivity index (χ0) is 12.4. The molecule has 0 aliphatic heterocycles. The molecule has 0 bridgehead atoms. The molecule has 1 aliphatic rings. The van der Waals surface area contributed by atoms with E-state index in [4.69, 9.17) is 10.3 Å². The van der Waals surface area contributed by atoms with Crippen molar-refractivity contribution in [1.29, 1.82) is 0 Å². The van der Waals surface area contributed by atoms with Gasteiger partial charge in [-0.25, -0.2) is 0 Å². The first-order chi connectivity index (χ1) is 8.08. The minimum Gasteiger partial charge on any atom is -0.338 e. The summed E-state index contributed by atoms with van der Waals surface area (Å²) in [5.74, 6) is 3.10. The van der Waals surface area contributed by atoms with Crippen LogP contribution >= 0.6 is 0 Å². The van der Waals surface area contributed by atoms with Crippen LogP contribution in [-0.2, 0) is 0 Å². The second-order valence-electron chi connectivity index (χ2n) is 5.72. The Morgan fingerprint density at radius 2 is 1.88 bits per heavy atom. The third-order valence-corrected chi connectivity index (χ3v) is 3.84. The first kappa shape index (κ1) is 12.6. The van der Waals surface area contributed by atoms with Crippen molar-refractivity contribution < 1.29 is 4.52 Å². The van der Waals surface area contributed by atoms with Gasteiger partial charge in [-0.05, 0) is 24.7 Å². The van der Waals surface area contributed by atoms with Gasteiger partial charge in [0.1, 0.15) is 0 Å². The number of hydrogen-bond donors (Lipinski definition) is 1. The predicted molar refractivity (Wildman–Crippen MR) is 66.4 cm³/mol. The van der Waals surface area contributed by atoms with E-state index < -0.39 is 0 Å². The number of nitrogens with zero attached hydrogens (tertiary/aromatic N) is 2. The quantitative estimate of drug-likeness (QED) is 0.877. The zero-order valence-electron chi connectivity index (χ0n) is 11.0. The van der Waals surface area contributed by atoms with Gasteiger partial charge in [0.05, 0.1) is 6.04 Å². The van der Waals surface area contributed by atoms with E-state index in [1.54, 1.807) is 0 Å². The van der Waals surface area contributed by atoms with Crippen LogP contribution in [0, 0.1) is 11.8 Å². The van der Waals surface area contributed by atoms with E-state index in [1.165, 1.54) is 25.7 Å². The molecule has 1 atom stereocenters. The number of nitrogens with two attached hydrogens (primary N) is 1. The molecule has 1 unspecified atom stereocenters. The normalized spacial score (nSPS) is 27.4. The van der Waals surface area contributed by atoms with Gasteiger partial charge in [0, 0.05) is 5.92 Å². The van der Waals surface area contributed by atoms with Crippen LogP contribution in [0.4, 0.5) is 0 Å². The second-order valence-corrected chi connectivity index (χ2v) is 5.72. The topological polar surface area (TPSA) is 64.9 Å². The average molecular weight is 237 g/mol. The van der Waals surface area contributed by atoms with Crippen molar-refractivity contribution in [3.63, 3.8) is 0 Å². The summed E-state index contributed by atoms with van der Waals surface area (Å²) in [5.41, 5.74) is 6.01. The van der Waals surface area contributed by atoms with Gasteiger partial charge in [-0.1, -0.05) is 38.8 Å². The highest BCUT2D eigenvalue weighted by Gasteiger charge is 2.25. The minimum atomic E-state index is -0.140. The van der Waals surface area contributed by atoms with Crippen molar-refractivity contribution in [3.05, 3.63) is 11.7 Å². The zero-order valence-corrected chi connectivity index (χ0v) is 11.0. The van der Waals surface area contributed by atoms with Gasteiger partial charge in [0.15, 0.2) is 5.82 Å². The molecule has 1 heterocycles. The van der Waals surface area contributed by atoms with Crippen LogP contribution in [-0.4, -0.2) is 10.1 Å². The van der Waals surface area contributed by atoms with Crippen LogP contribution in [0.2, 0.25) is 0 Å². The summed E-state index contributed by atoms with van der Waals surface area (Å²) >= 11 is 0. The van der Waals surface area contributed by atoms with Gasteiger partial charge in [0.2, 0.25) is 5.89 Å². The van der Waals surface area contributed by atoms with Gasteiger partial charge < -0.3 is 10.3 Å². The summed E-state index contributed by atoms with van der Waals surface area (Å²) < 4.78 is 5.28. The van der Waals surface area contributed by atoms with E-state index in [0.29, 0.717) is 17.7 Å². The van der Waals surface area contributed by atoms with Crippen molar-refractivity contribution in [3.8, 4) is 0 Å². The van der Waals surface area contributed by atoms with Crippen molar-refractivity contribution in [1.82, 2.24) is 10.1 Å². The molecule has 96 valence electrons. The van der Waals surface area contributed by atoms with Crippen LogP contribution in [0.5, 0.6) is 0 Å². The fourth-order valence-electron chi connectivity index (χ4n) is 2.35. The van der Waals surface area contributed by atoms with E-state index in [0.717, 1.165) is 11.7 Å². The maximum atomic E-state index is 6.01. The molecule has 1 fully saturated rings. The highest BCUT2D eigenvalue weighted by Crippen LogP contribution is 2.34. The number of aromatic nitrogens is 2. The molecule has 1 aliphatic carbocycles. The van der Waals surface area contributed by atoms with Crippen LogP contribution in [0.25, 0.3) is 0 Å². The van der Waals surface area contributed by atoms with Crippen LogP contribution < -0.4 is 5.73 Å². The van der Waals surface area contributed by atoms with Crippen LogP contribution in [0.1, 0.15) is 70.1 Å². The molecule has 2 rings (SSSR count). The van der Waals surface area contributed by atoms with Crippen molar-refractivity contribution in [2.24, 2.45) is 17.6 Å². The first-order valence-corrected chi connectivity index (χ1v) is 6.67. The second kappa shape index (κ2) is 5.17. The van der Waals surface area contributed by atoms with Gasteiger partial charge in [-0.2, -0.15) is 4.98 Å².